The molecule has 1 aliphatic rings. The topological polar surface area (TPSA) is 112 Å². The Morgan fingerprint density at radius 2 is 2.11 bits per heavy atom. The second kappa shape index (κ2) is 6.93. The number of rotatable bonds is 4. The average molecular weight is 387 g/mol. The minimum atomic E-state index is -0.760. The molecule has 9 nitrogen and oxygen atoms in total. The van der Waals surface area contributed by atoms with Crippen molar-refractivity contribution in [3.05, 3.63) is 42.1 Å². The largest absolute Gasteiger partial charge is 0.443 e. The van der Waals surface area contributed by atoms with Crippen LogP contribution in [0.5, 0.6) is 0 Å². The van der Waals surface area contributed by atoms with Crippen molar-refractivity contribution >= 4 is 11.8 Å². The number of nitrogens with zero attached hydrogens (tertiary/aromatic N) is 6. The molecular formula is C17H15F2N7O2. The Balaban J connectivity index is 1.64. The molecule has 1 fully saturated rings. The third-order valence-corrected chi connectivity index (χ3v) is 4.28. The Kier molecular flexibility index (Phi) is 4.43. The lowest BCUT2D eigenvalue weighted by atomic mass is 10.1. The average Bonchev–Trinajstić information content (AvgIpc) is 3.29. The van der Waals surface area contributed by atoms with Gasteiger partial charge in [-0.05, 0) is 17.3 Å². The zero-order valence-electron chi connectivity index (χ0n) is 14.7. The fraction of sp³-hybridized carbons (Fsp3) is 0.235. The smallest absolute Gasteiger partial charge is 0.414 e. The minimum absolute atomic E-state index is 0.00958. The number of hydrogen-bond donors (Lipinski definition) is 1. The molecule has 4 rings (SSSR count). The van der Waals surface area contributed by atoms with Crippen LogP contribution in [0.1, 0.15) is 0 Å². The summed E-state index contributed by atoms with van der Waals surface area (Å²) in [5.74, 6) is -1.14. The molecule has 1 aromatic carbocycles. The third-order valence-electron chi connectivity index (χ3n) is 4.28. The molecule has 1 aliphatic heterocycles. The molecule has 3 heterocycles. The summed E-state index contributed by atoms with van der Waals surface area (Å²) in [5.41, 5.74) is 6.09. The first-order valence-corrected chi connectivity index (χ1v) is 8.34. The molecule has 0 saturated carbocycles. The van der Waals surface area contributed by atoms with Crippen molar-refractivity contribution in [1.29, 1.82) is 0 Å². The number of nitrogens with two attached hydrogens (primary N) is 1. The second-order valence-corrected chi connectivity index (χ2v) is 6.17. The molecule has 0 aliphatic carbocycles. The van der Waals surface area contributed by atoms with E-state index in [0.717, 1.165) is 17.0 Å². The highest BCUT2D eigenvalue weighted by atomic mass is 19.1. The lowest BCUT2D eigenvalue weighted by Crippen LogP contribution is -2.28. The third kappa shape index (κ3) is 3.16. The maximum atomic E-state index is 14.7. The molecule has 2 aromatic heterocycles. The minimum Gasteiger partial charge on any atom is -0.443 e. The summed E-state index contributed by atoms with van der Waals surface area (Å²) in [6.07, 6.45) is 0.0719. The Labute approximate surface area is 157 Å². The molecule has 28 heavy (non-hydrogen) atoms. The van der Waals surface area contributed by atoms with Gasteiger partial charge in [-0.2, -0.15) is 4.80 Å². The number of carbonyl (C=O) groups excluding carboxylic acids is 1. The Morgan fingerprint density at radius 3 is 2.71 bits per heavy atom. The van der Waals surface area contributed by atoms with Crippen LogP contribution in [0.25, 0.3) is 22.6 Å². The molecule has 11 heteroatoms. The van der Waals surface area contributed by atoms with E-state index in [1.54, 1.807) is 19.2 Å². The van der Waals surface area contributed by atoms with E-state index in [2.05, 4.69) is 20.4 Å². The van der Waals surface area contributed by atoms with Gasteiger partial charge in [0.05, 0.1) is 19.3 Å². The van der Waals surface area contributed by atoms with Gasteiger partial charge in [0, 0.05) is 29.9 Å². The van der Waals surface area contributed by atoms with Crippen molar-refractivity contribution < 1.29 is 18.3 Å². The van der Waals surface area contributed by atoms with Crippen molar-refractivity contribution in [3.8, 4) is 22.6 Å². The van der Waals surface area contributed by atoms with Gasteiger partial charge in [-0.3, -0.25) is 9.88 Å². The highest BCUT2D eigenvalue weighted by molar-refractivity contribution is 5.90. The van der Waals surface area contributed by atoms with Gasteiger partial charge in [0.15, 0.2) is 0 Å². The van der Waals surface area contributed by atoms with Gasteiger partial charge in [0.1, 0.15) is 23.4 Å². The number of cyclic esters (lactones) is 1. The van der Waals surface area contributed by atoms with E-state index in [-0.39, 0.29) is 24.3 Å². The lowest BCUT2D eigenvalue weighted by molar-refractivity contribution is 0.145. The van der Waals surface area contributed by atoms with E-state index in [1.165, 1.54) is 11.0 Å². The number of pyridine rings is 1. The Hall–Kier alpha value is -3.47. The molecule has 144 valence electrons. The van der Waals surface area contributed by atoms with Gasteiger partial charge in [-0.15, -0.1) is 10.2 Å². The van der Waals surface area contributed by atoms with Gasteiger partial charge in [0.2, 0.25) is 5.82 Å². The molecule has 0 spiro atoms. The standard InChI is InChI=1S/C17H15F2N7O2/c1-25-23-16(22-24-25)14-3-2-9(7-21-14)11-4-13(19)15(5-12(11)18)26-8-10(6-20)28-17(26)27/h2-5,7,10H,6,8,20H2,1H3/t10-/m0/s1. The number of amides is 1. The zero-order valence-corrected chi connectivity index (χ0v) is 14.7. The summed E-state index contributed by atoms with van der Waals surface area (Å²) in [6, 6.07) is 5.14. The van der Waals surface area contributed by atoms with E-state index in [0.29, 0.717) is 17.1 Å². The normalized spacial score (nSPS) is 16.5. The van der Waals surface area contributed by atoms with Gasteiger partial charge >= 0.3 is 6.09 Å². The predicted octanol–water partition coefficient (Wildman–Crippen LogP) is 1.50. The first kappa shape index (κ1) is 17.9. The lowest BCUT2D eigenvalue weighted by Gasteiger charge is -2.15. The predicted molar refractivity (Wildman–Crippen MR) is 94.1 cm³/mol. The van der Waals surface area contributed by atoms with Crippen LogP contribution in [0.15, 0.2) is 30.5 Å². The van der Waals surface area contributed by atoms with Crippen molar-refractivity contribution in [2.24, 2.45) is 12.8 Å². The van der Waals surface area contributed by atoms with Crippen molar-refractivity contribution in [2.75, 3.05) is 18.0 Å². The van der Waals surface area contributed by atoms with Crippen LogP contribution in [0.4, 0.5) is 19.3 Å². The van der Waals surface area contributed by atoms with Crippen molar-refractivity contribution in [3.63, 3.8) is 0 Å². The van der Waals surface area contributed by atoms with Gasteiger partial charge < -0.3 is 10.5 Å². The monoisotopic (exact) mass is 387 g/mol. The summed E-state index contributed by atoms with van der Waals surface area (Å²) in [6.45, 7) is 0.162. The van der Waals surface area contributed by atoms with Crippen LogP contribution < -0.4 is 10.6 Å². The highest BCUT2D eigenvalue weighted by Crippen LogP contribution is 2.32. The Bertz CT molecular complexity index is 1040. The summed E-state index contributed by atoms with van der Waals surface area (Å²) >= 11 is 0. The number of aryl methyl sites for hydroxylation is 1. The molecular weight excluding hydrogens is 372 g/mol. The Morgan fingerprint density at radius 1 is 1.29 bits per heavy atom. The number of benzene rings is 1. The molecule has 0 radical (unpaired) electrons. The van der Waals surface area contributed by atoms with Gasteiger partial charge in [0.25, 0.3) is 0 Å². The number of tetrazole rings is 1. The van der Waals surface area contributed by atoms with E-state index < -0.39 is 23.8 Å². The molecule has 1 atom stereocenters. The van der Waals surface area contributed by atoms with Crippen LogP contribution in [0.3, 0.4) is 0 Å². The maximum Gasteiger partial charge on any atom is 0.414 e. The highest BCUT2D eigenvalue weighted by Gasteiger charge is 2.33. The summed E-state index contributed by atoms with van der Waals surface area (Å²) in [7, 11) is 1.62. The number of halogens is 2. The van der Waals surface area contributed by atoms with E-state index in [4.69, 9.17) is 10.5 Å². The molecule has 0 bridgehead atoms. The number of anilines is 1. The molecule has 0 unspecified atom stereocenters. The van der Waals surface area contributed by atoms with E-state index in [1.807, 2.05) is 0 Å². The van der Waals surface area contributed by atoms with Crippen molar-refractivity contribution in [2.45, 2.75) is 6.10 Å². The van der Waals surface area contributed by atoms with E-state index in [9.17, 15) is 13.6 Å². The molecule has 1 saturated heterocycles. The summed E-state index contributed by atoms with van der Waals surface area (Å²) in [4.78, 5) is 18.4. The number of ether oxygens (including phenoxy) is 1. The van der Waals surface area contributed by atoms with Crippen LogP contribution in [-0.2, 0) is 11.8 Å². The SMILES string of the molecule is Cn1nnc(-c2ccc(-c3cc(F)c(N4C[C@H](CN)OC4=O)cc3F)cn2)n1. The number of aromatic nitrogens is 5. The fourth-order valence-corrected chi connectivity index (χ4v) is 2.88. The van der Waals surface area contributed by atoms with Crippen LogP contribution in [0.2, 0.25) is 0 Å². The fourth-order valence-electron chi connectivity index (χ4n) is 2.88. The molecule has 3 aromatic rings. The second-order valence-electron chi connectivity index (χ2n) is 6.17. The van der Waals surface area contributed by atoms with Gasteiger partial charge in [-0.25, -0.2) is 13.6 Å². The first-order valence-electron chi connectivity index (χ1n) is 8.34. The quantitative estimate of drug-likeness (QED) is 0.722. The van der Waals surface area contributed by atoms with Crippen LogP contribution in [0, 0.1) is 11.6 Å². The maximum absolute atomic E-state index is 14.7. The van der Waals surface area contributed by atoms with Crippen molar-refractivity contribution in [1.82, 2.24) is 25.2 Å². The number of hydrogen-bond acceptors (Lipinski definition) is 7. The molecule has 1 amide bonds. The number of carbonyl (C=O) groups is 1. The first-order chi connectivity index (χ1) is 13.5. The van der Waals surface area contributed by atoms with Gasteiger partial charge in [-0.1, -0.05) is 6.07 Å². The van der Waals surface area contributed by atoms with Crippen LogP contribution >= 0.6 is 0 Å². The summed E-state index contributed by atoms with van der Waals surface area (Å²) < 4.78 is 34.3. The summed E-state index contributed by atoms with van der Waals surface area (Å²) in [5, 5.41) is 11.6. The zero-order chi connectivity index (χ0) is 19.8. The van der Waals surface area contributed by atoms with Crippen LogP contribution in [-0.4, -0.2) is 50.5 Å². The molecule has 2 N–H and O–H groups in total. The van der Waals surface area contributed by atoms with E-state index >= 15 is 0 Å².